The Hall–Kier alpha value is -7.90. The normalized spacial score (nSPS) is 11.9. The average molecular weight is 732 g/mol. The third-order valence-electron chi connectivity index (χ3n) is 11.0. The molecule has 0 saturated heterocycles. The van der Waals surface area contributed by atoms with Gasteiger partial charge in [-0.05, 0) is 59.7 Å². The van der Waals surface area contributed by atoms with Crippen LogP contribution < -0.4 is 0 Å². The fourth-order valence-corrected chi connectivity index (χ4v) is 8.47. The van der Waals surface area contributed by atoms with Crippen LogP contribution in [0.5, 0.6) is 0 Å². The lowest BCUT2D eigenvalue weighted by Gasteiger charge is -2.15. The summed E-state index contributed by atoms with van der Waals surface area (Å²) in [5.74, 6) is 1.69. The number of para-hydroxylation sites is 4. The molecule has 0 aliphatic rings. The van der Waals surface area contributed by atoms with Crippen LogP contribution in [0, 0.1) is 0 Å². The summed E-state index contributed by atoms with van der Waals surface area (Å²) in [6.45, 7) is 0. The maximum absolute atomic E-state index is 6.26. The summed E-state index contributed by atoms with van der Waals surface area (Å²) in [5, 5.41) is 6.46. The van der Waals surface area contributed by atoms with Crippen molar-refractivity contribution in [2.24, 2.45) is 0 Å². The zero-order valence-electron chi connectivity index (χ0n) is 30.3. The fraction of sp³-hybridized carbons (Fsp3) is 0. The predicted octanol–water partition coefficient (Wildman–Crippen LogP) is 12.8. The van der Waals surface area contributed by atoms with Crippen molar-refractivity contribution in [1.82, 2.24) is 24.5 Å². The highest BCUT2D eigenvalue weighted by Gasteiger charge is 2.21. The molecule has 0 fully saturated rings. The third-order valence-corrected chi connectivity index (χ3v) is 11.0. The molecular weight excluding hydrogens is 703 g/mol. The maximum Gasteiger partial charge on any atom is 0.166 e. The number of aromatic nitrogens is 5. The highest BCUT2D eigenvalue weighted by atomic mass is 16.3. The Morgan fingerprint density at radius 1 is 0.368 bits per heavy atom. The second-order valence-electron chi connectivity index (χ2n) is 14.2. The molecule has 0 bridgehead atoms. The van der Waals surface area contributed by atoms with E-state index < -0.39 is 0 Å². The van der Waals surface area contributed by atoms with Crippen molar-refractivity contribution >= 4 is 65.7 Å². The quantitative estimate of drug-likeness (QED) is 0.175. The molecule has 0 radical (unpaired) electrons. The molecule has 0 aliphatic carbocycles. The Morgan fingerprint density at radius 3 is 1.67 bits per heavy atom. The highest BCUT2D eigenvalue weighted by Crippen LogP contribution is 2.40. The molecule has 266 valence electrons. The number of furan rings is 2. The van der Waals surface area contributed by atoms with Crippen LogP contribution in [0.1, 0.15) is 0 Å². The molecular formula is C50H29N5O2. The van der Waals surface area contributed by atoms with Crippen molar-refractivity contribution in [3.8, 4) is 51.0 Å². The second-order valence-corrected chi connectivity index (χ2v) is 14.2. The average Bonchev–Trinajstić information content (AvgIpc) is 3.96. The molecule has 7 nitrogen and oxygen atoms in total. The van der Waals surface area contributed by atoms with Gasteiger partial charge in [-0.25, -0.2) is 15.0 Å². The maximum atomic E-state index is 6.26. The first kappa shape index (κ1) is 31.5. The van der Waals surface area contributed by atoms with Gasteiger partial charge in [-0.1, -0.05) is 115 Å². The van der Waals surface area contributed by atoms with Crippen molar-refractivity contribution in [1.29, 1.82) is 0 Å². The van der Waals surface area contributed by atoms with Crippen LogP contribution in [0.15, 0.2) is 185 Å². The van der Waals surface area contributed by atoms with Gasteiger partial charge in [0.05, 0.1) is 22.9 Å². The van der Waals surface area contributed by atoms with Crippen LogP contribution in [0.2, 0.25) is 0 Å². The van der Waals surface area contributed by atoms with Gasteiger partial charge >= 0.3 is 0 Å². The van der Waals surface area contributed by atoms with Crippen LogP contribution in [0.4, 0.5) is 0 Å². The van der Waals surface area contributed by atoms with Crippen LogP contribution >= 0.6 is 0 Å². The van der Waals surface area contributed by atoms with Gasteiger partial charge in [0.25, 0.3) is 0 Å². The van der Waals surface area contributed by atoms with Crippen molar-refractivity contribution < 1.29 is 8.83 Å². The van der Waals surface area contributed by atoms with Gasteiger partial charge in [0.1, 0.15) is 16.7 Å². The molecule has 0 spiro atoms. The van der Waals surface area contributed by atoms with Gasteiger partial charge in [-0.15, -0.1) is 0 Å². The molecule has 0 amide bonds. The molecule has 5 aromatic heterocycles. The zero-order chi connectivity index (χ0) is 37.5. The summed E-state index contributed by atoms with van der Waals surface area (Å²) in [7, 11) is 0. The van der Waals surface area contributed by atoms with E-state index in [4.69, 9.17) is 23.8 Å². The fourth-order valence-electron chi connectivity index (χ4n) is 8.47. The van der Waals surface area contributed by atoms with Gasteiger partial charge in [0.2, 0.25) is 0 Å². The van der Waals surface area contributed by atoms with Crippen LogP contribution in [-0.2, 0) is 0 Å². The third kappa shape index (κ3) is 4.86. The smallest absolute Gasteiger partial charge is 0.166 e. The van der Waals surface area contributed by atoms with Gasteiger partial charge in [-0.3, -0.25) is 4.98 Å². The minimum Gasteiger partial charge on any atom is -0.456 e. The van der Waals surface area contributed by atoms with E-state index in [1.54, 1.807) is 12.4 Å². The monoisotopic (exact) mass is 731 g/mol. The Balaban J connectivity index is 1.08. The standard InChI is InChI=1S/C50H29N5O2/c1-5-17-39-33(11-1)34-12-2-6-18-40(34)55(39)41-19-7-3-13-35(41)49-52-48(53-50(54-49)38-16-10-22-44-47(38)37-27-28-51-29-45(37)57-44)31-25-23-30(24-26-31)32-15-9-21-43-46(32)36-14-4-8-20-42(36)56-43/h1-29H. The largest absolute Gasteiger partial charge is 0.456 e. The summed E-state index contributed by atoms with van der Waals surface area (Å²) in [6.07, 6.45) is 3.54. The minimum atomic E-state index is 0.552. The van der Waals surface area contributed by atoms with Crippen molar-refractivity contribution in [2.75, 3.05) is 0 Å². The Kier molecular flexibility index (Phi) is 6.79. The van der Waals surface area contributed by atoms with Crippen molar-refractivity contribution in [3.63, 3.8) is 0 Å². The first-order valence-electron chi connectivity index (χ1n) is 18.9. The number of benzene rings is 7. The zero-order valence-corrected chi connectivity index (χ0v) is 30.3. The molecule has 5 heterocycles. The predicted molar refractivity (Wildman–Crippen MR) is 228 cm³/mol. The van der Waals surface area contributed by atoms with Crippen LogP contribution in [0.3, 0.4) is 0 Å². The molecule has 0 atom stereocenters. The number of nitrogens with zero attached hydrogens (tertiary/aromatic N) is 5. The van der Waals surface area contributed by atoms with Crippen LogP contribution in [-0.4, -0.2) is 24.5 Å². The van der Waals surface area contributed by atoms with Crippen molar-refractivity contribution in [3.05, 3.63) is 176 Å². The second kappa shape index (κ2) is 12.3. The van der Waals surface area contributed by atoms with Gasteiger partial charge in [0.15, 0.2) is 23.1 Å². The highest BCUT2D eigenvalue weighted by molar-refractivity contribution is 6.13. The van der Waals surface area contributed by atoms with Crippen LogP contribution in [0.25, 0.3) is 117 Å². The molecule has 57 heavy (non-hydrogen) atoms. The lowest BCUT2D eigenvalue weighted by molar-refractivity contribution is 0.667. The number of fused-ring (bicyclic) bond motifs is 9. The Morgan fingerprint density at radius 2 is 0.895 bits per heavy atom. The molecule has 12 rings (SSSR count). The number of rotatable bonds is 5. The summed E-state index contributed by atoms with van der Waals surface area (Å²) in [6, 6.07) is 56.3. The molecule has 7 aromatic carbocycles. The number of pyridine rings is 1. The van der Waals surface area contributed by atoms with E-state index in [-0.39, 0.29) is 0 Å². The molecule has 0 N–H and O–H groups in total. The molecule has 0 saturated carbocycles. The van der Waals surface area contributed by atoms with Crippen molar-refractivity contribution in [2.45, 2.75) is 0 Å². The lowest BCUT2D eigenvalue weighted by Crippen LogP contribution is -2.03. The van der Waals surface area contributed by atoms with Gasteiger partial charge in [0, 0.05) is 55.2 Å². The molecule has 0 unspecified atom stereocenters. The lowest BCUT2D eigenvalue weighted by atomic mass is 9.98. The summed E-state index contributed by atoms with van der Waals surface area (Å²) in [5.41, 5.74) is 11.2. The number of hydrogen-bond donors (Lipinski definition) is 0. The first-order chi connectivity index (χ1) is 28.3. The van der Waals surface area contributed by atoms with E-state index in [0.717, 1.165) is 82.8 Å². The van der Waals surface area contributed by atoms with E-state index >= 15 is 0 Å². The SMILES string of the molecule is c1ccc(-n2c3ccccc3c3ccccc32)c(-c2nc(-c3ccc(-c4cccc5oc6ccccc6c45)cc3)nc(-c3cccc4oc5cnccc5c34)n2)c1. The summed E-state index contributed by atoms with van der Waals surface area (Å²) < 4.78 is 14.8. The molecule has 12 aromatic rings. The topological polar surface area (TPSA) is 82.8 Å². The molecule has 7 heteroatoms. The minimum absolute atomic E-state index is 0.552. The van der Waals surface area contributed by atoms with E-state index in [2.05, 4.69) is 125 Å². The Bertz CT molecular complexity index is 3490. The molecule has 0 aliphatic heterocycles. The number of hydrogen-bond acceptors (Lipinski definition) is 6. The van der Waals surface area contributed by atoms with E-state index in [1.807, 2.05) is 48.5 Å². The van der Waals surface area contributed by atoms with Gasteiger partial charge in [-0.2, -0.15) is 0 Å². The summed E-state index contributed by atoms with van der Waals surface area (Å²) >= 11 is 0. The summed E-state index contributed by atoms with van der Waals surface area (Å²) in [4.78, 5) is 20.1. The van der Waals surface area contributed by atoms with Gasteiger partial charge < -0.3 is 13.4 Å². The van der Waals surface area contributed by atoms with E-state index in [1.165, 1.54) is 10.8 Å². The Labute approximate surface area is 325 Å². The van der Waals surface area contributed by atoms with E-state index in [9.17, 15) is 0 Å². The van der Waals surface area contributed by atoms with E-state index in [0.29, 0.717) is 23.1 Å². The first-order valence-corrected chi connectivity index (χ1v) is 18.9.